The Balaban J connectivity index is 1.27. The van der Waals surface area contributed by atoms with Gasteiger partial charge in [0.15, 0.2) is 0 Å². The molecule has 0 radical (unpaired) electrons. The van der Waals surface area contributed by atoms with Crippen molar-refractivity contribution in [2.75, 3.05) is 26.4 Å². The van der Waals surface area contributed by atoms with Crippen LogP contribution in [0, 0.1) is 0 Å². The van der Waals surface area contributed by atoms with Crippen molar-refractivity contribution < 1.29 is 28.5 Å². The molecule has 1 aliphatic carbocycles. The van der Waals surface area contributed by atoms with E-state index < -0.39 is 5.97 Å². The average molecular weight is 633 g/mol. The topological polar surface area (TPSA) is 95.8 Å². The molecule has 0 saturated carbocycles. The predicted octanol–water partition coefficient (Wildman–Crippen LogP) is 10.1. The van der Waals surface area contributed by atoms with Gasteiger partial charge in [-0.05, 0) is 74.0 Å². The number of rotatable bonds is 23. The number of allylic oxidation sites excluding steroid dienone is 1. The summed E-state index contributed by atoms with van der Waals surface area (Å²) in [5, 5.41) is 8.49. The van der Waals surface area contributed by atoms with Gasteiger partial charge in [0.25, 0.3) is 0 Å². The van der Waals surface area contributed by atoms with Crippen molar-refractivity contribution in [2.45, 2.75) is 103 Å². The van der Waals surface area contributed by atoms with Crippen molar-refractivity contribution in [1.82, 2.24) is 0 Å². The number of nitrogens with zero attached hydrogens (tertiary/aromatic N) is 2. The minimum atomic E-state index is -0.406. The van der Waals surface area contributed by atoms with E-state index in [0.717, 1.165) is 12.2 Å². The lowest BCUT2D eigenvalue weighted by molar-refractivity contribution is 0.0334. The zero-order chi connectivity index (χ0) is 32.7. The molecule has 0 saturated heterocycles. The van der Waals surface area contributed by atoms with Crippen LogP contribution in [-0.2, 0) is 14.2 Å². The third kappa shape index (κ3) is 15.0. The Bertz CT molecular complexity index is 1240. The zero-order valence-corrected chi connectivity index (χ0v) is 27.8. The summed E-state index contributed by atoms with van der Waals surface area (Å²) in [5.74, 6) is -0.0182. The first-order valence-electron chi connectivity index (χ1n) is 17.2. The lowest BCUT2D eigenvalue weighted by Gasteiger charge is -2.15. The molecule has 0 fully saturated rings. The molecule has 8 heteroatoms. The average Bonchev–Trinajstić information content (AvgIpc) is 3.09. The smallest absolute Gasteiger partial charge is 0.338 e. The van der Waals surface area contributed by atoms with Crippen LogP contribution in [-0.4, -0.2) is 44.5 Å². The number of hydrogen-bond donors (Lipinski definition) is 0. The third-order valence-corrected chi connectivity index (χ3v) is 7.70. The molecule has 8 nitrogen and oxygen atoms in total. The molecule has 0 aromatic heterocycles. The third-order valence-electron chi connectivity index (χ3n) is 7.70. The van der Waals surface area contributed by atoms with Gasteiger partial charge in [0.2, 0.25) is 0 Å². The molecule has 0 bridgehead atoms. The zero-order valence-electron chi connectivity index (χ0n) is 27.8. The lowest BCUT2D eigenvalue weighted by Crippen LogP contribution is -2.17. The van der Waals surface area contributed by atoms with E-state index >= 15 is 0 Å². The molecule has 3 rings (SSSR count). The molecule has 1 atom stereocenters. The molecule has 2 aromatic carbocycles. The van der Waals surface area contributed by atoms with Gasteiger partial charge in [-0.2, -0.15) is 10.2 Å². The monoisotopic (exact) mass is 632 g/mol. The molecule has 0 amide bonds. The van der Waals surface area contributed by atoms with Gasteiger partial charge in [-0.3, -0.25) is 0 Å². The van der Waals surface area contributed by atoms with E-state index in [9.17, 15) is 9.59 Å². The van der Waals surface area contributed by atoms with Gasteiger partial charge in [0.05, 0.1) is 35.7 Å². The highest BCUT2D eigenvalue weighted by Gasteiger charge is 2.16. The number of azo groups is 1. The summed E-state index contributed by atoms with van der Waals surface area (Å²) < 4.78 is 21.9. The molecule has 0 heterocycles. The summed E-state index contributed by atoms with van der Waals surface area (Å²) in [6.07, 6.45) is 21.4. The molecule has 250 valence electrons. The van der Waals surface area contributed by atoms with Crippen LogP contribution in [0.4, 0.5) is 5.69 Å². The highest BCUT2D eigenvalue weighted by atomic mass is 16.6. The largest absolute Gasteiger partial charge is 0.494 e. The lowest BCUT2D eigenvalue weighted by atomic mass is 10.1. The highest BCUT2D eigenvalue weighted by molar-refractivity contribution is 5.90. The molecule has 1 aliphatic rings. The molecule has 1 unspecified atom stereocenters. The molecule has 0 aliphatic heterocycles. The van der Waals surface area contributed by atoms with Crippen LogP contribution in [0.3, 0.4) is 0 Å². The first kappa shape index (κ1) is 36.7. The van der Waals surface area contributed by atoms with E-state index in [-0.39, 0.29) is 18.7 Å². The Kier molecular flexibility index (Phi) is 18.1. The van der Waals surface area contributed by atoms with Crippen molar-refractivity contribution in [3.63, 3.8) is 0 Å². The van der Waals surface area contributed by atoms with Crippen molar-refractivity contribution in [3.05, 3.63) is 83.6 Å². The quantitative estimate of drug-likeness (QED) is 0.0687. The van der Waals surface area contributed by atoms with E-state index in [1.807, 2.05) is 25.1 Å². The van der Waals surface area contributed by atoms with E-state index in [0.29, 0.717) is 48.8 Å². The molecular weight excluding hydrogens is 580 g/mol. The van der Waals surface area contributed by atoms with Crippen LogP contribution in [0.2, 0.25) is 0 Å². The van der Waals surface area contributed by atoms with Crippen molar-refractivity contribution in [1.29, 1.82) is 0 Å². The standard InChI is InChI=1S/C38H52N2O6/c1-3-5-6-7-8-9-10-11-12-13-14-15-28-44-35-24-18-32(19-25-35)38(42)46-36-26-22-34(23-27-36)40-39-33-20-16-31(17-21-33)37(41)45-30-29-43-4-2/h16-26,36H,3-15,27-30H2,1-2H3. The summed E-state index contributed by atoms with van der Waals surface area (Å²) in [6, 6.07) is 13.8. The normalized spacial score (nSPS) is 14.3. The molecular formula is C38H52N2O6. The molecule has 0 N–H and O–H groups in total. The number of carbonyl (C=O) groups excluding carboxylic acids is 2. The van der Waals surface area contributed by atoms with E-state index in [2.05, 4.69) is 17.2 Å². The summed E-state index contributed by atoms with van der Waals surface area (Å²) in [6.45, 7) is 6.01. The fraction of sp³-hybridized carbons (Fsp3) is 0.526. The Morgan fingerprint density at radius 1 is 0.696 bits per heavy atom. The maximum atomic E-state index is 12.7. The number of ether oxygens (including phenoxy) is 4. The van der Waals surface area contributed by atoms with Crippen molar-refractivity contribution in [3.8, 4) is 5.75 Å². The number of carbonyl (C=O) groups is 2. The van der Waals surface area contributed by atoms with E-state index in [1.165, 1.54) is 70.6 Å². The summed E-state index contributed by atoms with van der Waals surface area (Å²) >= 11 is 0. The van der Waals surface area contributed by atoms with Crippen LogP contribution in [0.1, 0.15) is 118 Å². The maximum Gasteiger partial charge on any atom is 0.338 e. The summed E-state index contributed by atoms with van der Waals surface area (Å²) in [4.78, 5) is 24.7. The van der Waals surface area contributed by atoms with Crippen molar-refractivity contribution >= 4 is 17.6 Å². The number of benzene rings is 2. The fourth-order valence-corrected chi connectivity index (χ4v) is 4.98. The highest BCUT2D eigenvalue weighted by Crippen LogP contribution is 2.21. The Morgan fingerprint density at radius 3 is 1.91 bits per heavy atom. The second-order valence-corrected chi connectivity index (χ2v) is 11.5. The Labute approximate surface area is 275 Å². The minimum absolute atomic E-state index is 0.214. The van der Waals surface area contributed by atoms with Gasteiger partial charge < -0.3 is 18.9 Å². The Morgan fingerprint density at radius 2 is 1.30 bits per heavy atom. The Hall–Kier alpha value is -3.78. The summed E-state index contributed by atoms with van der Waals surface area (Å²) in [5.41, 5.74) is 2.20. The van der Waals surface area contributed by atoms with Gasteiger partial charge in [0.1, 0.15) is 18.5 Å². The van der Waals surface area contributed by atoms with Crippen LogP contribution in [0.25, 0.3) is 0 Å². The molecule has 46 heavy (non-hydrogen) atoms. The van der Waals surface area contributed by atoms with Gasteiger partial charge in [-0.15, -0.1) is 0 Å². The number of esters is 2. The molecule has 2 aromatic rings. The minimum Gasteiger partial charge on any atom is -0.494 e. The number of hydrogen-bond acceptors (Lipinski definition) is 8. The van der Waals surface area contributed by atoms with E-state index in [1.54, 1.807) is 48.6 Å². The van der Waals surface area contributed by atoms with Crippen LogP contribution in [0.5, 0.6) is 5.75 Å². The van der Waals surface area contributed by atoms with Crippen molar-refractivity contribution in [2.24, 2.45) is 10.2 Å². The van der Waals surface area contributed by atoms with Gasteiger partial charge in [-0.25, -0.2) is 9.59 Å². The van der Waals surface area contributed by atoms with Crippen LogP contribution >= 0.6 is 0 Å². The molecule has 0 spiro atoms. The van der Waals surface area contributed by atoms with Gasteiger partial charge in [0, 0.05) is 13.0 Å². The second-order valence-electron chi connectivity index (χ2n) is 11.5. The SMILES string of the molecule is CCCCCCCCCCCCCCOc1ccc(C(=O)OC2C=CC(N=Nc3ccc(C(=O)OCCOCC)cc3)=CC2)cc1. The first-order chi connectivity index (χ1) is 22.6. The second kappa shape index (κ2) is 22.7. The summed E-state index contributed by atoms with van der Waals surface area (Å²) in [7, 11) is 0. The number of unbranched alkanes of at least 4 members (excludes halogenated alkanes) is 11. The van der Waals surface area contributed by atoms with E-state index in [4.69, 9.17) is 18.9 Å². The van der Waals surface area contributed by atoms with Gasteiger partial charge in [-0.1, -0.05) is 83.6 Å². The predicted molar refractivity (Wildman–Crippen MR) is 182 cm³/mol. The van der Waals surface area contributed by atoms with Crippen LogP contribution in [0.15, 0.2) is 82.7 Å². The maximum absolute atomic E-state index is 12.7. The first-order valence-corrected chi connectivity index (χ1v) is 17.2. The fourth-order valence-electron chi connectivity index (χ4n) is 4.98. The van der Waals surface area contributed by atoms with Gasteiger partial charge >= 0.3 is 11.9 Å². The van der Waals surface area contributed by atoms with Crippen LogP contribution < -0.4 is 4.74 Å².